The van der Waals surface area contributed by atoms with E-state index >= 15 is 0 Å². The molecule has 0 spiro atoms. The lowest BCUT2D eigenvalue weighted by Crippen LogP contribution is -2.19. The lowest BCUT2D eigenvalue weighted by Gasteiger charge is -2.14. The molecule has 1 atom stereocenters. The third kappa shape index (κ3) is 4.31. The summed E-state index contributed by atoms with van der Waals surface area (Å²) < 4.78 is 0. The Kier molecular flexibility index (Phi) is 5.56. The standard InChI is InChI=1S/C19H24N2S/c1-5-14(3)16-7-9-17(10-8-16)20-19(22)21-18-11-6-13(2)12-15(18)4/h6-12,14H,5H2,1-4H3,(H2,20,21,22). The monoisotopic (exact) mass is 312 g/mol. The molecule has 0 saturated carbocycles. The summed E-state index contributed by atoms with van der Waals surface area (Å²) >= 11 is 5.40. The second kappa shape index (κ2) is 7.41. The number of hydrogen-bond donors (Lipinski definition) is 2. The first-order valence-corrected chi connectivity index (χ1v) is 8.15. The largest absolute Gasteiger partial charge is 0.332 e. The van der Waals surface area contributed by atoms with Crippen LogP contribution in [0.1, 0.15) is 42.9 Å². The van der Waals surface area contributed by atoms with E-state index in [9.17, 15) is 0 Å². The molecule has 1 unspecified atom stereocenters. The van der Waals surface area contributed by atoms with Crippen molar-refractivity contribution < 1.29 is 0 Å². The molecule has 0 aliphatic carbocycles. The predicted molar refractivity (Wildman–Crippen MR) is 101 cm³/mol. The molecular weight excluding hydrogens is 288 g/mol. The first-order valence-electron chi connectivity index (χ1n) is 7.74. The maximum Gasteiger partial charge on any atom is 0.175 e. The summed E-state index contributed by atoms with van der Waals surface area (Å²) in [7, 11) is 0. The molecule has 0 saturated heterocycles. The molecule has 0 radical (unpaired) electrons. The molecule has 3 heteroatoms. The highest BCUT2D eigenvalue weighted by Gasteiger charge is 2.04. The zero-order valence-corrected chi connectivity index (χ0v) is 14.6. The third-order valence-electron chi connectivity index (χ3n) is 3.98. The van der Waals surface area contributed by atoms with Crippen molar-refractivity contribution in [2.24, 2.45) is 0 Å². The van der Waals surface area contributed by atoms with Crippen molar-refractivity contribution in [1.82, 2.24) is 0 Å². The summed E-state index contributed by atoms with van der Waals surface area (Å²) in [6.07, 6.45) is 1.15. The van der Waals surface area contributed by atoms with Crippen molar-refractivity contribution in [1.29, 1.82) is 0 Å². The highest BCUT2D eigenvalue weighted by atomic mass is 32.1. The van der Waals surface area contributed by atoms with Crippen molar-refractivity contribution >= 4 is 28.7 Å². The molecule has 2 aromatic rings. The van der Waals surface area contributed by atoms with Gasteiger partial charge in [0.2, 0.25) is 0 Å². The van der Waals surface area contributed by atoms with Crippen molar-refractivity contribution in [2.75, 3.05) is 10.6 Å². The number of benzene rings is 2. The summed E-state index contributed by atoms with van der Waals surface area (Å²) in [5, 5.41) is 7.11. The minimum absolute atomic E-state index is 0.592. The maximum atomic E-state index is 5.40. The minimum Gasteiger partial charge on any atom is -0.332 e. The van der Waals surface area contributed by atoms with E-state index < -0.39 is 0 Å². The number of thiocarbonyl (C=S) groups is 1. The van der Waals surface area contributed by atoms with Gasteiger partial charge in [-0.25, -0.2) is 0 Å². The van der Waals surface area contributed by atoms with Gasteiger partial charge in [-0.05, 0) is 67.7 Å². The summed E-state index contributed by atoms with van der Waals surface area (Å²) in [5.41, 5.74) is 5.86. The van der Waals surface area contributed by atoms with Crippen LogP contribution in [0.5, 0.6) is 0 Å². The van der Waals surface area contributed by atoms with E-state index in [0.29, 0.717) is 11.0 Å². The number of hydrogen-bond acceptors (Lipinski definition) is 1. The zero-order chi connectivity index (χ0) is 16.1. The van der Waals surface area contributed by atoms with Gasteiger partial charge in [0.15, 0.2) is 5.11 Å². The smallest absolute Gasteiger partial charge is 0.175 e. The Morgan fingerprint density at radius 2 is 1.73 bits per heavy atom. The average Bonchev–Trinajstić information content (AvgIpc) is 2.50. The van der Waals surface area contributed by atoms with Gasteiger partial charge in [-0.1, -0.05) is 43.7 Å². The molecule has 0 aliphatic rings. The molecule has 2 rings (SSSR count). The Hall–Kier alpha value is -1.87. The number of anilines is 2. The molecule has 0 amide bonds. The predicted octanol–water partition coefficient (Wildman–Crippen LogP) is 5.63. The van der Waals surface area contributed by atoms with Gasteiger partial charge >= 0.3 is 0 Å². The van der Waals surface area contributed by atoms with Crippen molar-refractivity contribution in [3.8, 4) is 0 Å². The van der Waals surface area contributed by atoms with Crippen LogP contribution in [0.25, 0.3) is 0 Å². The molecule has 22 heavy (non-hydrogen) atoms. The Morgan fingerprint density at radius 3 is 2.32 bits per heavy atom. The summed E-state index contributed by atoms with van der Waals surface area (Å²) in [4.78, 5) is 0. The van der Waals surface area contributed by atoms with Gasteiger partial charge < -0.3 is 10.6 Å². The van der Waals surface area contributed by atoms with E-state index in [1.165, 1.54) is 16.7 Å². The van der Waals surface area contributed by atoms with Gasteiger partial charge in [-0.2, -0.15) is 0 Å². The maximum absolute atomic E-state index is 5.40. The van der Waals surface area contributed by atoms with Crippen molar-refractivity contribution in [3.63, 3.8) is 0 Å². The molecular formula is C19H24N2S. The second-order valence-electron chi connectivity index (χ2n) is 5.83. The van der Waals surface area contributed by atoms with E-state index in [-0.39, 0.29) is 0 Å². The first-order chi connectivity index (χ1) is 10.5. The summed E-state index contributed by atoms with van der Waals surface area (Å²) in [6, 6.07) is 14.8. The molecule has 2 N–H and O–H groups in total. The van der Waals surface area contributed by atoms with Gasteiger partial charge in [0.1, 0.15) is 0 Å². The molecule has 0 fully saturated rings. The molecule has 116 valence electrons. The van der Waals surface area contributed by atoms with Gasteiger partial charge in [0.25, 0.3) is 0 Å². The molecule has 2 nitrogen and oxygen atoms in total. The molecule has 2 aromatic carbocycles. The molecule has 0 aliphatic heterocycles. The van der Waals surface area contributed by atoms with E-state index in [1.54, 1.807) is 0 Å². The first kappa shape index (κ1) is 16.5. The Balaban J connectivity index is 1.99. The average molecular weight is 312 g/mol. The van der Waals surface area contributed by atoms with Crippen LogP contribution >= 0.6 is 12.2 Å². The number of rotatable bonds is 4. The fraction of sp³-hybridized carbons (Fsp3) is 0.316. The van der Waals surface area contributed by atoms with Crippen LogP contribution < -0.4 is 10.6 Å². The topological polar surface area (TPSA) is 24.1 Å². The van der Waals surface area contributed by atoms with E-state index in [0.717, 1.165) is 17.8 Å². The van der Waals surface area contributed by atoms with Gasteiger partial charge in [0.05, 0.1) is 0 Å². The van der Waals surface area contributed by atoms with Crippen LogP contribution in [0.15, 0.2) is 42.5 Å². The molecule has 0 aromatic heterocycles. The third-order valence-corrected chi connectivity index (χ3v) is 4.18. The van der Waals surface area contributed by atoms with Crippen LogP contribution in [-0.4, -0.2) is 5.11 Å². The SMILES string of the molecule is CCC(C)c1ccc(NC(=S)Nc2ccc(C)cc2C)cc1. The lowest BCUT2D eigenvalue weighted by atomic mass is 9.99. The summed E-state index contributed by atoms with van der Waals surface area (Å²) in [6.45, 7) is 8.62. The second-order valence-corrected chi connectivity index (χ2v) is 6.24. The Bertz CT molecular complexity index is 647. The quantitative estimate of drug-likeness (QED) is 0.716. The van der Waals surface area contributed by atoms with Gasteiger partial charge in [-0.3, -0.25) is 0 Å². The minimum atomic E-state index is 0.592. The van der Waals surface area contributed by atoms with Crippen LogP contribution in [-0.2, 0) is 0 Å². The van der Waals surface area contributed by atoms with Crippen LogP contribution in [0.2, 0.25) is 0 Å². The van der Waals surface area contributed by atoms with E-state index in [4.69, 9.17) is 12.2 Å². The van der Waals surface area contributed by atoms with E-state index in [2.05, 4.69) is 80.8 Å². The van der Waals surface area contributed by atoms with Crippen molar-refractivity contribution in [2.45, 2.75) is 40.0 Å². The molecule has 0 bridgehead atoms. The Labute approximate surface area is 139 Å². The van der Waals surface area contributed by atoms with Crippen LogP contribution in [0.3, 0.4) is 0 Å². The Morgan fingerprint density at radius 1 is 1.05 bits per heavy atom. The van der Waals surface area contributed by atoms with Gasteiger partial charge in [0, 0.05) is 11.4 Å². The zero-order valence-electron chi connectivity index (χ0n) is 13.7. The van der Waals surface area contributed by atoms with Crippen molar-refractivity contribution in [3.05, 3.63) is 59.2 Å². The fourth-order valence-corrected chi connectivity index (χ4v) is 2.60. The number of nitrogens with one attached hydrogen (secondary N) is 2. The normalized spacial score (nSPS) is 11.8. The lowest BCUT2D eigenvalue weighted by molar-refractivity contribution is 0.734. The number of aryl methyl sites for hydroxylation is 2. The highest BCUT2D eigenvalue weighted by Crippen LogP contribution is 2.21. The summed E-state index contributed by atoms with van der Waals surface area (Å²) in [5.74, 6) is 0.592. The fourth-order valence-electron chi connectivity index (χ4n) is 2.37. The highest BCUT2D eigenvalue weighted by molar-refractivity contribution is 7.80. The van der Waals surface area contributed by atoms with Gasteiger partial charge in [-0.15, -0.1) is 0 Å². The molecule has 0 heterocycles. The van der Waals surface area contributed by atoms with E-state index in [1.807, 2.05) is 0 Å². The van der Waals surface area contributed by atoms with Crippen LogP contribution in [0, 0.1) is 13.8 Å². The van der Waals surface area contributed by atoms with Crippen LogP contribution in [0.4, 0.5) is 11.4 Å².